The average Bonchev–Trinajstić information content (AvgIpc) is 2.65. The minimum atomic E-state index is -0.326. The lowest BCUT2D eigenvalue weighted by Crippen LogP contribution is -2.48. The molecule has 82 valence electrons. The van der Waals surface area contributed by atoms with E-state index in [-0.39, 0.29) is 25.2 Å². The van der Waals surface area contributed by atoms with Gasteiger partial charge in [0.15, 0.2) is 0 Å². The van der Waals surface area contributed by atoms with E-state index in [1.54, 1.807) is 12.1 Å². The first kappa shape index (κ1) is 10.2. The van der Waals surface area contributed by atoms with E-state index in [0.717, 1.165) is 5.76 Å². The van der Waals surface area contributed by atoms with Crippen LogP contribution in [0.3, 0.4) is 0 Å². The van der Waals surface area contributed by atoms with Crippen molar-refractivity contribution >= 4 is 11.8 Å². The Balaban J connectivity index is 2.15. The SMILES string of the molecule is Cc1ccc(N2CC(CO)OCC2=O)o1. The molecule has 2 rings (SSSR count). The summed E-state index contributed by atoms with van der Waals surface area (Å²) in [5.41, 5.74) is 0. The third-order valence-electron chi connectivity index (χ3n) is 2.33. The number of nitrogens with zero attached hydrogens (tertiary/aromatic N) is 1. The second kappa shape index (κ2) is 4.04. The predicted molar refractivity (Wildman–Crippen MR) is 52.6 cm³/mol. The first-order valence-electron chi connectivity index (χ1n) is 4.80. The zero-order valence-electron chi connectivity index (χ0n) is 8.47. The Morgan fingerprint density at radius 3 is 3.00 bits per heavy atom. The molecule has 1 aromatic heterocycles. The number of aryl methyl sites for hydroxylation is 1. The molecule has 1 amide bonds. The summed E-state index contributed by atoms with van der Waals surface area (Å²) in [6.07, 6.45) is -0.326. The highest BCUT2D eigenvalue weighted by Crippen LogP contribution is 2.21. The molecular formula is C10H13NO4. The largest absolute Gasteiger partial charge is 0.445 e. The molecule has 1 aromatic rings. The van der Waals surface area contributed by atoms with E-state index in [4.69, 9.17) is 14.3 Å². The Hall–Kier alpha value is -1.33. The number of hydrogen-bond acceptors (Lipinski definition) is 4. The van der Waals surface area contributed by atoms with Crippen LogP contribution < -0.4 is 4.90 Å². The van der Waals surface area contributed by atoms with Crippen molar-refractivity contribution in [2.24, 2.45) is 0 Å². The van der Waals surface area contributed by atoms with E-state index in [9.17, 15) is 4.79 Å². The summed E-state index contributed by atoms with van der Waals surface area (Å²) in [6, 6.07) is 3.54. The van der Waals surface area contributed by atoms with Crippen LogP contribution in [-0.2, 0) is 9.53 Å². The van der Waals surface area contributed by atoms with E-state index in [1.165, 1.54) is 4.90 Å². The molecule has 1 aliphatic heterocycles. The number of amides is 1. The molecule has 0 radical (unpaired) electrons. The fourth-order valence-corrected chi connectivity index (χ4v) is 1.52. The summed E-state index contributed by atoms with van der Waals surface area (Å²) in [5.74, 6) is 1.12. The second-order valence-corrected chi connectivity index (χ2v) is 3.50. The number of rotatable bonds is 2. The van der Waals surface area contributed by atoms with Crippen LogP contribution in [0.4, 0.5) is 5.88 Å². The van der Waals surface area contributed by atoms with Gasteiger partial charge in [0.1, 0.15) is 12.4 Å². The summed E-state index contributed by atoms with van der Waals surface area (Å²) >= 11 is 0. The molecule has 1 unspecified atom stereocenters. The molecule has 2 heterocycles. The van der Waals surface area contributed by atoms with Crippen LogP contribution in [0.1, 0.15) is 5.76 Å². The lowest BCUT2D eigenvalue weighted by Gasteiger charge is -2.29. The number of aliphatic hydroxyl groups is 1. The molecule has 5 heteroatoms. The van der Waals surface area contributed by atoms with Gasteiger partial charge >= 0.3 is 0 Å². The van der Waals surface area contributed by atoms with Crippen molar-refractivity contribution in [3.63, 3.8) is 0 Å². The molecular weight excluding hydrogens is 198 g/mol. The maximum atomic E-state index is 11.5. The van der Waals surface area contributed by atoms with Gasteiger partial charge in [-0.05, 0) is 13.0 Å². The summed E-state index contributed by atoms with van der Waals surface area (Å²) < 4.78 is 10.5. The number of carbonyl (C=O) groups excluding carboxylic acids is 1. The highest BCUT2D eigenvalue weighted by atomic mass is 16.5. The summed E-state index contributed by atoms with van der Waals surface area (Å²) in [6.45, 7) is 2.05. The molecule has 0 saturated carbocycles. The fraction of sp³-hybridized carbons (Fsp3) is 0.500. The molecule has 1 atom stereocenters. The van der Waals surface area contributed by atoms with Gasteiger partial charge in [-0.15, -0.1) is 0 Å². The molecule has 0 bridgehead atoms. The third kappa shape index (κ3) is 2.03. The number of carbonyl (C=O) groups is 1. The second-order valence-electron chi connectivity index (χ2n) is 3.50. The zero-order valence-corrected chi connectivity index (χ0v) is 8.47. The lowest BCUT2D eigenvalue weighted by atomic mass is 10.3. The number of hydrogen-bond donors (Lipinski definition) is 1. The van der Waals surface area contributed by atoms with Gasteiger partial charge in [0, 0.05) is 6.07 Å². The highest BCUT2D eigenvalue weighted by molar-refractivity contribution is 5.93. The number of morpholine rings is 1. The van der Waals surface area contributed by atoms with Crippen molar-refractivity contribution in [2.45, 2.75) is 13.0 Å². The van der Waals surface area contributed by atoms with Crippen molar-refractivity contribution in [2.75, 3.05) is 24.7 Å². The van der Waals surface area contributed by atoms with Crippen LogP contribution in [0.5, 0.6) is 0 Å². The van der Waals surface area contributed by atoms with E-state index in [1.807, 2.05) is 6.92 Å². The lowest BCUT2D eigenvalue weighted by molar-refractivity contribution is -0.130. The minimum Gasteiger partial charge on any atom is -0.445 e. The van der Waals surface area contributed by atoms with E-state index in [0.29, 0.717) is 12.4 Å². The van der Waals surface area contributed by atoms with E-state index < -0.39 is 0 Å². The van der Waals surface area contributed by atoms with Gasteiger partial charge in [-0.2, -0.15) is 0 Å². The Morgan fingerprint density at radius 2 is 2.40 bits per heavy atom. The van der Waals surface area contributed by atoms with E-state index in [2.05, 4.69) is 0 Å². The normalized spacial score (nSPS) is 22.1. The quantitative estimate of drug-likeness (QED) is 0.764. The maximum Gasteiger partial charge on any atom is 0.255 e. The van der Waals surface area contributed by atoms with Crippen LogP contribution in [0.15, 0.2) is 16.5 Å². The number of ether oxygens (including phenoxy) is 1. The van der Waals surface area contributed by atoms with Crippen molar-refractivity contribution in [1.82, 2.24) is 0 Å². The zero-order chi connectivity index (χ0) is 10.8. The first-order valence-corrected chi connectivity index (χ1v) is 4.80. The Labute approximate surface area is 87.2 Å². The summed E-state index contributed by atoms with van der Waals surface area (Å²) in [4.78, 5) is 13.0. The molecule has 1 N–H and O–H groups in total. The molecule has 1 fully saturated rings. The topological polar surface area (TPSA) is 62.9 Å². The third-order valence-corrected chi connectivity index (χ3v) is 2.33. The van der Waals surface area contributed by atoms with Gasteiger partial charge in [0.25, 0.3) is 5.91 Å². The minimum absolute atomic E-state index is 0.00895. The van der Waals surface area contributed by atoms with E-state index >= 15 is 0 Å². The highest BCUT2D eigenvalue weighted by Gasteiger charge is 2.28. The monoisotopic (exact) mass is 211 g/mol. The molecule has 5 nitrogen and oxygen atoms in total. The average molecular weight is 211 g/mol. The first-order chi connectivity index (χ1) is 7.20. The number of furan rings is 1. The molecule has 0 spiro atoms. The number of anilines is 1. The molecule has 0 aliphatic carbocycles. The molecule has 1 aliphatic rings. The van der Waals surface area contributed by atoms with Gasteiger partial charge in [0.2, 0.25) is 5.88 Å². The Bertz CT molecular complexity index is 360. The standard InChI is InChI=1S/C10H13NO4/c1-7-2-3-10(15-7)11-4-8(5-12)14-6-9(11)13/h2-3,8,12H,4-6H2,1H3. The Morgan fingerprint density at radius 1 is 1.60 bits per heavy atom. The van der Waals surface area contributed by atoms with Gasteiger partial charge in [-0.3, -0.25) is 9.69 Å². The van der Waals surface area contributed by atoms with Crippen LogP contribution in [0.25, 0.3) is 0 Å². The van der Waals surface area contributed by atoms with Crippen LogP contribution in [0, 0.1) is 6.92 Å². The Kier molecular flexibility index (Phi) is 2.75. The maximum absolute atomic E-state index is 11.5. The van der Waals surface area contributed by atoms with Gasteiger partial charge in [0.05, 0.1) is 19.3 Å². The fourth-order valence-electron chi connectivity index (χ4n) is 1.52. The summed E-state index contributed by atoms with van der Waals surface area (Å²) in [5, 5.41) is 8.95. The smallest absolute Gasteiger partial charge is 0.255 e. The molecule has 15 heavy (non-hydrogen) atoms. The van der Waals surface area contributed by atoms with Gasteiger partial charge in [-0.25, -0.2) is 0 Å². The van der Waals surface area contributed by atoms with Crippen LogP contribution >= 0.6 is 0 Å². The summed E-state index contributed by atoms with van der Waals surface area (Å²) in [7, 11) is 0. The van der Waals surface area contributed by atoms with Crippen molar-refractivity contribution in [3.05, 3.63) is 17.9 Å². The molecule has 0 aromatic carbocycles. The number of aliphatic hydroxyl groups excluding tert-OH is 1. The van der Waals surface area contributed by atoms with Crippen molar-refractivity contribution in [1.29, 1.82) is 0 Å². The van der Waals surface area contributed by atoms with Crippen molar-refractivity contribution < 1.29 is 19.1 Å². The van der Waals surface area contributed by atoms with Crippen LogP contribution in [-0.4, -0.2) is 36.9 Å². The van der Waals surface area contributed by atoms with Gasteiger partial charge in [-0.1, -0.05) is 0 Å². The van der Waals surface area contributed by atoms with Gasteiger partial charge < -0.3 is 14.3 Å². The molecule has 1 saturated heterocycles. The predicted octanol–water partition coefficient (Wildman–Crippen LogP) is 0.312. The van der Waals surface area contributed by atoms with Crippen molar-refractivity contribution in [3.8, 4) is 0 Å². The van der Waals surface area contributed by atoms with Crippen LogP contribution in [0.2, 0.25) is 0 Å².